The van der Waals surface area contributed by atoms with Gasteiger partial charge in [0.15, 0.2) is 0 Å². The Morgan fingerprint density at radius 3 is 2.58 bits per heavy atom. The van der Waals surface area contributed by atoms with Crippen molar-refractivity contribution in [3.05, 3.63) is 65.4 Å². The Bertz CT molecular complexity index is 1430. The summed E-state index contributed by atoms with van der Waals surface area (Å²) in [7, 11) is -2.41. The van der Waals surface area contributed by atoms with Gasteiger partial charge >= 0.3 is 0 Å². The summed E-state index contributed by atoms with van der Waals surface area (Å²) in [6.07, 6.45) is 4.73. The van der Waals surface area contributed by atoms with Crippen molar-refractivity contribution in [2.24, 2.45) is 17.6 Å². The number of anilines is 1. The second kappa shape index (κ2) is 11.9. The van der Waals surface area contributed by atoms with Gasteiger partial charge in [0.25, 0.3) is 0 Å². The number of aromatic amines is 1. The number of hydrogen-bond donors (Lipinski definition) is 4. The first-order valence-electron chi connectivity index (χ1n) is 14.2. The van der Waals surface area contributed by atoms with Crippen LogP contribution in [0.25, 0.3) is 10.9 Å². The third-order valence-electron chi connectivity index (χ3n) is 8.31. The molecule has 218 valence electrons. The molecular weight excluding hydrogens is 524 g/mol. The van der Waals surface area contributed by atoms with Crippen molar-refractivity contribution in [1.82, 2.24) is 10.3 Å². The molecule has 1 aromatic heterocycles. The number of aliphatic hydroxyl groups is 1. The first-order valence-corrected chi connectivity index (χ1v) is 15.7. The number of carbonyl (C=O) groups is 1. The van der Waals surface area contributed by atoms with Crippen molar-refractivity contribution in [1.29, 1.82) is 0 Å². The number of benzene rings is 2. The first kappa shape index (κ1) is 30.1. The SMILES string of the molecule is CC(C)CCCC(C)(C)NC[C@H](O)[C@H](Cc1ccccc1)C1Cc2c[nH]c3cc(C(N)=O)cc(c23)N(C)S1(=O)=O. The van der Waals surface area contributed by atoms with Crippen molar-refractivity contribution in [2.75, 3.05) is 17.9 Å². The van der Waals surface area contributed by atoms with Gasteiger partial charge in [0.2, 0.25) is 15.9 Å². The molecule has 0 saturated carbocycles. The highest BCUT2D eigenvalue weighted by Crippen LogP contribution is 2.40. The van der Waals surface area contributed by atoms with Gasteiger partial charge in [-0.2, -0.15) is 0 Å². The first-order chi connectivity index (χ1) is 18.8. The van der Waals surface area contributed by atoms with Crippen molar-refractivity contribution >= 4 is 32.5 Å². The minimum atomic E-state index is -3.93. The van der Waals surface area contributed by atoms with Gasteiger partial charge in [0, 0.05) is 47.7 Å². The van der Waals surface area contributed by atoms with Crippen LogP contribution >= 0.6 is 0 Å². The molecule has 0 fully saturated rings. The highest BCUT2D eigenvalue weighted by molar-refractivity contribution is 7.93. The molecule has 2 aromatic carbocycles. The number of hydrogen-bond acceptors (Lipinski definition) is 5. The lowest BCUT2D eigenvalue weighted by molar-refractivity contribution is 0.0931. The van der Waals surface area contributed by atoms with E-state index in [1.54, 1.807) is 12.1 Å². The molecule has 0 saturated heterocycles. The molecule has 0 spiro atoms. The average Bonchev–Trinajstić information content (AvgIpc) is 3.28. The second-order valence-corrected chi connectivity index (χ2v) is 14.5. The number of β-amino-alcohol motifs (C(OH)–C–C–N with tert-alkyl or cyclic N) is 1. The van der Waals surface area contributed by atoms with Gasteiger partial charge in [-0.05, 0) is 62.3 Å². The number of rotatable bonds is 12. The van der Waals surface area contributed by atoms with E-state index >= 15 is 0 Å². The number of carbonyl (C=O) groups excluding carboxylic acids is 1. The van der Waals surface area contributed by atoms with E-state index in [1.807, 2.05) is 36.5 Å². The molecule has 0 aliphatic carbocycles. The molecule has 9 heteroatoms. The molecule has 3 atom stereocenters. The van der Waals surface area contributed by atoms with Crippen LogP contribution in [0.2, 0.25) is 0 Å². The zero-order chi connectivity index (χ0) is 29.2. The molecule has 8 nitrogen and oxygen atoms in total. The number of H-pyrrole nitrogens is 1. The number of amides is 1. The molecule has 1 aliphatic rings. The van der Waals surface area contributed by atoms with E-state index in [2.05, 4.69) is 38.0 Å². The summed E-state index contributed by atoms with van der Waals surface area (Å²) in [5, 5.41) is 15.1. The van der Waals surface area contributed by atoms with Gasteiger partial charge in [-0.1, -0.05) is 57.0 Å². The largest absolute Gasteiger partial charge is 0.391 e. The Balaban J connectivity index is 1.68. The Hall–Kier alpha value is -2.88. The summed E-state index contributed by atoms with van der Waals surface area (Å²) in [5.74, 6) is -0.568. The number of nitrogens with one attached hydrogen (secondary N) is 2. The highest BCUT2D eigenvalue weighted by Gasteiger charge is 2.43. The molecule has 5 N–H and O–H groups in total. The summed E-state index contributed by atoms with van der Waals surface area (Å²) in [5.41, 5.74) is 8.49. The van der Waals surface area contributed by atoms with E-state index in [4.69, 9.17) is 5.73 Å². The fourth-order valence-electron chi connectivity index (χ4n) is 5.88. The van der Waals surface area contributed by atoms with Gasteiger partial charge in [-0.3, -0.25) is 9.10 Å². The maximum atomic E-state index is 14.2. The van der Waals surface area contributed by atoms with E-state index < -0.39 is 33.2 Å². The minimum Gasteiger partial charge on any atom is -0.391 e. The van der Waals surface area contributed by atoms with Gasteiger partial charge in [0.1, 0.15) is 0 Å². The normalized spacial score (nSPS) is 18.6. The third-order valence-corrected chi connectivity index (χ3v) is 10.6. The number of nitrogens with zero attached hydrogens (tertiary/aromatic N) is 1. The highest BCUT2D eigenvalue weighted by atomic mass is 32.2. The lowest BCUT2D eigenvalue weighted by Crippen LogP contribution is -2.51. The monoisotopic (exact) mass is 568 g/mol. The zero-order valence-corrected chi connectivity index (χ0v) is 25.1. The molecule has 2 heterocycles. The third kappa shape index (κ3) is 6.53. The molecule has 3 aromatic rings. The summed E-state index contributed by atoms with van der Waals surface area (Å²) < 4.78 is 29.7. The fraction of sp³-hybridized carbons (Fsp3) is 0.516. The lowest BCUT2D eigenvalue weighted by atomic mass is 9.87. The molecule has 40 heavy (non-hydrogen) atoms. The fourth-order valence-corrected chi connectivity index (χ4v) is 7.81. The van der Waals surface area contributed by atoms with Gasteiger partial charge in [0.05, 0.1) is 17.0 Å². The van der Waals surface area contributed by atoms with Crippen LogP contribution in [0.4, 0.5) is 5.69 Å². The molecule has 0 radical (unpaired) electrons. The van der Waals surface area contributed by atoms with Crippen LogP contribution in [-0.2, 0) is 22.9 Å². The molecule has 1 amide bonds. The van der Waals surface area contributed by atoms with Crippen molar-refractivity contribution in [3.8, 4) is 0 Å². The van der Waals surface area contributed by atoms with Crippen molar-refractivity contribution in [2.45, 2.75) is 76.7 Å². The maximum absolute atomic E-state index is 14.2. The lowest BCUT2D eigenvalue weighted by Gasteiger charge is -2.35. The van der Waals surface area contributed by atoms with Crippen LogP contribution in [0.15, 0.2) is 48.7 Å². The number of sulfonamides is 1. The van der Waals surface area contributed by atoms with E-state index in [1.165, 1.54) is 11.4 Å². The average molecular weight is 569 g/mol. The number of aliphatic hydroxyl groups excluding tert-OH is 1. The molecule has 0 bridgehead atoms. The van der Waals surface area contributed by atoms with E-state index in [0.717, 1.165) is 35.8 Å². The topological polar surface area (TPSA) is 129 Å². The van der Waals surface area contributed by atoms with Gasteiger partial charge in [-0.25, -0.2) is 8.42 Å². The van der Waals surface area contributed by atoms with Crippen molar-refractivity contribution < 1.29 is 18.3 Å². The van der Waals surface area contributed by atoms with Gasteiger partial charge < -0.3 is 21.1 Å². The Labute approximate surface area is 238 Å². The maximum Gasteiger partial charge on any atom is 0.248 e. The summed E-state index contributed by atoms with van der Waals surface area (Å²) in [6, 6.07) is 12.9. The Kier molecular flexibility index (Phi) is 8.97. The van der Waals surface area contributed by atoms with E-state index in [-0.39, 0.29) is 24.1 Å². The number of nitrogens with two attached hydrogens (primary N) is 1. The zero-order valence-electron chi connectivity index (χ0n) is 24.3. The van der Waals surface area contributed by atoms with Gasteiger partial charge in [-0.15, -0.1) is 0 Å². The van der Waals surface area contributed by atoms with Crippen LogP contribution in [0, 0.1) is 11.8 Å². The second-order valence-electron chi connectivity index (χ2n) is 12.3. The molecule has 1 unspecified atom stereocenters. The number of primary amides is 1. The molecule has 1 aliphatic heterocycles. The quantitative estimate of drug-likeness (QED) is 0.258. The van der Waals surface area contributed by atoms with Crippen LogP contribution in [0.5, 0.6) is 0 Å². The van der Waals surface area contributed by atoms with Crippen LogP contribution < -0.4 is 15.4 Å². The van der Waals surface area contributed by atoms with Crippen LogP contribution in [0.1, 0.15) is 68.4 Å². The van der Waals surface area contributed by atoms with Crippen LogP contribution in [-0.4, -0.2) is 54.9 Å². The van der Waals surface area contributed by atoms with Crippen molar-refractivity contribution in [3.63, 3.8) is 0 Å². The van der Waals surface area contributed by atoms with E-state index in [9.17, 15) is 18.3 Å². The predicted octanol–water partition coefficient (Wildman–Crippen LogP) is 4.37. The predicted molar refractivity (Wildman–Crippen MR) is 162 cm³/mol. The summed E-state index contributed by atoms with van der Waals surface area (Å²) in [6.45, 7) is 8.97. The standard InChI is InChI=1S/C31H44N4O4S/c1-20(2)10-9-13-31(3,4)34-19-27(36)24(14-21-11-7-6-8-12-21)28-17-23-18-33-25-15-22(30(32)37)16-26(29(23)25)35(5)40(28,38)39/h6-8,11-12,15-16,18,20,24,27-28,33-34,36H,9-10,13-14,17,19H2,1-5H3,(H2,32,37)/t24-,27-,28?/m0/s1. The van der Waals surface area contributed by atoms with E-state index in [0.29, 0.717) is 23.5 Å². The molecule has 4 rings (SSSR count). The summed E-state index contributed by atoms with van der Waals surface area (Å²) >= 11 is 0. The van der Waals surface area contributed by atoms with Crippen LogP contribution in [0.3, 0.4) is 0 Å². The Morgan fingerprint density at radius 2 is 1.93 bits per heavy atom. The minimum absolute atomic E-state index is 0.194. The smallest absolute Gasteiger partial charge is 0.248 e. The summed E-state index contributed by atoms with van der Waals surface area (Å²) in [4.78, 5) is 15.2. The Morgan fingerprint density at radius 1 is 1.23 bits per heavy atom. The number of aromatic nitrogens is 1. The molecular formula is C31H44N4O4S.